The Morgan fingerprint density at radius 3 is 1.83 bits per heavy atom. The van der Waals surface area contributed by atoms with E-state index in [0.29, 0.717) is 4.54 Å². The molecule has 0 rings (SSSR count). The van der Waals surface area contributed by atoms with E-state index in [1.165, 1.54) is 6.92 Å². The second kappa shape index (κ2) is 16.9. The molecule has 0 aromatic carbocycles. The molecule has 0 heterocycles. The maximum atomic E-state index is 11.6. The van der Waals surface area contributed by atoms with Crippen molar-refractivity contribution in [3.8, 4) is 0 Å². The van der Waals surface area contributed by atoms with Gasteiger partial charge in [-0.05, 0) is 0 Å². The average molecular weight is 533 g/mol. The van der Waals surface area contributed by atoms with Gasteiger partial charge >= 0.3 is 135 Å². The molecule has 0 aromatic rings. The van der Waals surface area contributed by atoms with Crippen molar-refractivity contribution < 1.29 is 39.3 Å². The summed E-state index contributed by atoms with van der Waals surface area (Å²) in [5.41, 5.74) is 5.29. The van der Waals surface area contributed by atoms with Crippen LogP contribution in [0.5, 0.6) is 0 Å². The van der Waals surface area contributed by atoms with Crippen molar-refractivity contribution in [2.24, 2.45) is 5.73 Å². The summed E-state index contributed by atoms with van der Waals surface area (Å²) < 4.78 is 0.443. The molecular weight excluding hydrogens is 507 g/mol. The van der Waals surface area contributed by atoms with Crippen molar-refractivity contribution in [1.82, 2.24) is 16.0 Å². The van der Waals surface area contributed by atoms with Gasteiger partial charge in [0.25, 0.3) is 0 Å². The van der Waals surface area contributed by atoms with Crippen LogP contribution >= 0.6 is 25.3 Å². The Labute approximate surface area is 191 Å². The molecule has 0 aromatic heterocycles. The van der Waals surface area contributed by atoms with Crippen LogP contribution < -0.4 is 21.7 Å². The van der Waals surface area contributed by atoms with Crippen LogP contribution in [0.15, 0.2) is 0 Å². The summed E-state index contributed by atoms with van der Waals surface area (Å²) in [6.45, 7) is 0.978. The predicted molar refractivity (Wildman–Crippen MR) is 116 cm³/mol. The van der Waals surface area contributed by atoms with Gasteiger partial charge in [-0.1, -0.05) is 0 Å². The van der Waals surface area contributed by atoms with Gasteiger partial charge in [-0.3, -0.25) is 4.79 Å². The van der Waals surface area contributed by atoms with Crippen LogP contribution in [0.2, 0.25) is 0 Å². The number of nitrogens with two attached hydrogens (primary N) is 1. The molecule has 172 valence electrons. The molecule has 12 nitrogen and oxygen atoms in total. The minimum atomic E-state index is -1.16. The summed E-state index contributed by atoms with van der Waals surface area (Å²) in [7, 11) is 0. The van der Waals surface area contributed by atoms with E-state index in [-0.39, 0.29) is 42.7 Å². The van der Waals surface area contributed by atoms with Crippen molar-refractivity contribution in [1.29, 1.82) is 0 Å². The summed E-state index contributed by atoms with van der Waals surface area (Å²) in [5, 5.41) is 32.9. The Hall–Kier alpha value is -1.80. The molecule has 3 atom stereocenters. The molecule has 15 heteroatoms. The van der Waals surface area contributed by atoms with Gasteiger partial charge < -0.3 is 10.4 Å². The van der Waals surface area contributed by atoms with Crippen LogP contribution in [-0.4, -0.2) is 101 Å². The number of thiol groups is 2. The Morgan fingerprint density at radius 1 is 0.967 bits per heavy atom. The summed E-state index contributed by atoms with van der Waals surface area (Å²) in [6, 6.07) is -2.45. The number of carboxylic acids is 3. The van der Waals surface area contributed by atoms with Gasteiger partial charge in [-0.15, -0.1) is 0 Å². The van der Waals surface area contributed by atoms with Gasteiger partial charge in [0.05, 0.1) is 0 Å². The molecule has 2 amide bonds. The SMILES string of the molecule is CC(=O)N[C@@H](CS)C(=O)O.NC(CCC(=O)NC(CS)C(=[Se])NCC(=O)O)C(=O)O. The fourth-order valence-corrected chi connectivity index (χ4v) is 2.84. The predicted octanol–water partition coefficient (Wildman–Crippen LogP) is -2.93. The van der Waals surface area contributed by atoms with Gasteiger partial charge in [0.15, 0.2) is 0 Å². The van der Waals surface area contributed by atoms with Crippen molar-refractivity contribution >= 4 is 75.1 Å². The fraction of sp³-hybridized carbons (Fsp3) is 0.600. The molecule has 0 aliphatic heterocycles. The summed E-state index contributed by atoms with van der Waals surface area (Å²) in [4.78, 5) is 53.0. The number of carboxylic acid groups (broad SMARTS) is 3. The van der Waals surface area contributed by atoms with E-state index in [9.17, 15) is 24.0 Å². The van der Waals surface area contributed by atoms with Crippen LogP contribution in [0.4, 0.5) is 0 Å². The molecule has 0 aliphatic rings. The zero-order valence-corrected chi connectivity index (χ0v) is 19.5. The number of carbonyl (C=O) groups excluding carboxylic acids is 2. The van der Waals surface area contributed by atoms with Gasteiger partial charge in [-0.2, -0.15) is 12.6 Å². The number of rotatable bonds is 13. The number of nitrogens with one attached hydrogen (secondary N) is 3. The number of aliphatic carboxylic acids is 3. The third-order valence-corrected chi connectivity index (χ3v) is 4.74. The van der Waals surface area contributed by atoms with E-state index in [1.807, 2.05) is 0 Å². The molecule has 0 radical (unpaired) electrons. The first-order chi connectivity index (χ1) is 13.8. The van der Waals surface area contributed by atoms with Crippen LogP contribution in [-0.2, 0) is 24.0 Å². The number of amides is 2. The Bertz CT molecular complexity index is 638. The molecule has 30 heavy (non-hydrogen) atoms. The topological polar surface area (TPSA) is 208 Å². The molecule has 0 saturated carbocycles. The summed E-state index contributed by atoms with van der Waals surface area (Å²) >= 11 is 10.4. The Balaban J connectivity index is 0. The summed E-state index contributed by atoms with van der Waals surface area (Å²) in [5.74, 6) is -3.64. The van der Waals surface area contributed by atoms with E-state index in [0.717, 1.165) is 0 Å². The molecular formula is C15H26N4O8S2Se. The average Bonchev–Trinajstić information content (AvgIpc) is 2.66. The Morgan fingerprint density at radius 2 is 1.50 bits per heavy atom. The second-order valence-corrected chi connectivity index (χ2v) is 7.32. The van der Waals surface area contributed by atoms with E-state index in [4.69, 9.17) is 21.1 Å². The molecule has 0 aliphatic carbocycles. The molecule has 0 spiro atoms. The first kappa shape index (κ1) is 30.4. The first-order valence-electron chi connectivity index (χ1n) is 8.34. The normalized spacial score (nSPS) is 12.8. The summed E-state index contributed by atoms with van der Waals surface area (Å²) in [6.07, 6.45) is -0.0181. The Kier molecular flexibility index (Phi) is 17.2. The van der Waals surface area contributed by atoms with Gasteiger partial charge in [-0.25, -0.2) is 4.79 Å². The van der Waals surface area contributed by atoms with E-state index in [1.54, 1.807) is 0 Å². The van der Waals surface area contributed by atoms with Gasteiger partial charge in [0, 0.05) is 12.7 Å². The number of hydrogen-bond donors (Lipinski definition) is 9. The van der Waals surface area contributed by atoms with E-state index < -0.39 is 36.0 Å². The molecule has 0 saturated heterocycles. The first-order valence-corrected chi connectivity index (χ1v) is 10.5. The fourth-order valence-electron chi connectivity index (χ4n) is 1.59. The van der Waals surface area contributed by atoms with Crippen molar-refractivity contribution in [2.45, 2.75) is 37.9 Å². The molecule has 0 bridgehead atoms. The van der Waals surface area contributed by atoms with E-state index >= 15 is 0 Å². The van der Waals surface area contributed by atoms with Crippen molar-refractivity contribution in [2.75, 3.05) is 18.1 Å². The van der Waals surface area contributed by atoms with Crippen molar-refractivity contribution in [3.63, 3.8) is 0 Å². The molecule has 2 unspecified atom stereocenters. The third kappa shape index (κ3) is 16.0. The zero-order chi connectivity index (χ0) is 23.9. The second-order valence-electron chi connectivity index (χ2n) is 5.67. The molecule has 8 N–H and O–H groups in total. The van der Waals surface area contributed by atoms with Gasteiger partial charge in [0.2, 0.25) is 5.91 Å². The molecule has 0 fully saturated rings. The number of carbonyl (C=O) groups is 5. The van der Waals surface area contributed by atoms with Crippen molar-refractivity contribution in [3.05, 3.63) is 0 Å². The maximum absolute atomic E-state index is 11.6. The van der Waals surface area contributed by atoms with Crippen LogP contribution in [0.25, 0.3) is 0 Å². The quantitative estimate of drug-likeness (QED) is 0.0870. The van der Waals surface area contributed by atoms with Gasteiger partial charge in [0.1, 0.15) is 6.04 Å². The number of hydrogen-bond acceptors (Lipinski definition) is 9. The standard InChI is InChI=1S/C10H17N3O5SSe.C5H9NO3S/c11-5(10(17)18)1-2-7(14)13-6(4-19)9(20)12-3-8(15)16;1-3(7)6-4(2-10)5(8)9/h5-6,19H,1-4,11H2,(H,12,20)(H,13,14)(H,15,16)(H,17,18);4,10H,2H2,1H3,(H,6,7)(H,8,9)/t;4-/m.0/s1. The zero-order valence-electron chi connectivity index (χ0n) is 16.0. The third-order valence-electron chi connectivity index (χ3n) is 3.11. The monoisotopic (exact) mass is 534 g/mol. The van der Waals surface area contributed by atoms with Crippen LogP contribution in [0.1, 0.15) is 19.8 Å². The van der Waals surface area contributed by atoms with E-state index in [2.05, 4.69) is 56.8 Å². The minimum absolute atomic E-state index is 0.0196. The van der Waals surface area contributed by atoms with Crippen LogP contribution in [0.3, 0.4) is 0 Å². The van der Waals surface area contributed by atoms with Crippen LogP contribution in [0, 0.1) is 0 Å².